The minimum Gasteiger partial charge on any atom is -0.323 e. The van der Waals surface area contributed by atoms with Crippen LogP contribution in [0, 0.1) is 12.8 Å². The van der Waals surface area contributed by atoms with Crippen LogP contribution in [0.4, 0.5) is 0 Å². The van der Waals surface area contributed by atoms with Crippen LogP contribution in [0.2, 0.25) is 0 Å². The van der Waals surface area contributed by atoms with Gasteiger partial charge in [0.2, 0.25) is 0 Å². The topological polar surface area (TPSA) is 24.9 Å². The Morgan fingerprint density at radius 3 is 2.72 bits per heavy atom. The number of hydrogen-bond donors (Lipinski definition) is 1. The molecular formula is C16H26N2. The SMILES string of the molecule is CNC.Cc1ccc(CC2C=CCCCC2)cn1. The zero-order chi connectivity index (χ0) is 13.2. The fourth-order valence-corrected chi connectivity index (χ4v) is 2.15. The second kappa shape index (κ2) is 8.87. The summed E-state index contributed by atoms with van der Waals surface area (Å²) in [6.07, 6.45) is 13.3. The number of aryl methyl sites for hydroxylation is 1. The first-order valence-corrected chi connectivity index (χ1v) is 6.93. The van der Waals surface area contributed by atoms with E-state index < -0.39 is 0 Å². The fraction of sp³-hybridized carbons (Fsp3) is 0.562. The van der Waals surface area contributed by atoms with E-state index in [1.165, 1.54) is 31.2 Å². The first-order valence-electron chi connectivity index (χ1n) is 6.93. The van der Waals surface area contributed by atoms with Crippen molar-refractivity contribution in [1.29, 1.82) is 0 Å². The van der Waals surface area contributed by atoms with E-state index in [2.05, 4.69) is 34.6 Å². The molecule has 0 aliphatic heterocycles. The van der Waals surface area contributed by atoms with Crippen LogP contribution in [0.25, 0.3) is 0 Å². The molecule has 1 aromatic heterocycles. The average molecular weight is 246 g/mol. The third-order valence-electron chi connectivity index (χ3n) is 3.07. The van der Waals surface area contributed by atoms with Crippen molar-refractivity contribution in [3.8, 4) is 0 Å². The highest BCUT2D eigenvalue weighted by Crippen LogP contribution is 2.20. The molecule has 0 saturated carbocycles. The summed E-state index contributed by atoms with van der Waals surface area (Å²) < 4.78 is 0. The summed E-state index contributed by atoms with van der Waals surface area (Å²) in [6.45, 7) is 2.04. The molecule has 18 heavy (non-hydrogen) atoms. The predicted octanol–water partition coefficient (Wildman–Crippen LogP) is 3.51. The van der Waals surface area contributed by atoms with E-state index >= 15 is 0 Å². The summed E-state index contributed by atoms with van der Waals surface area (Å²) in [7, 11) is 3.75. The highest BCUT2D eigenvalue weighted by atomic mass is 14.7. The van der Waals surface area contributed by atoms with Gasteiger partial charge in [-0.1, -0.05) is 24.6 Å². The maximum Gasteiger partial charge on any atom is 0.0372 e. The molecule has 1 aromatic rings. The maximum absolute atomic E-state index is 4.34. The number of aromatic nitrogens is 1. The van der Waals surface area contributed by atoms with Crippen molar-refractivity contribution in [3.05, 3.63) is 41.7 Å². The van der Waals surface area contributed by atoms with Crippen LogP contribution in [-0.2, 0) is 6.42 Å². The molecule has 1 N–H and O–H groups in total. The summed E-state index contributed by atoms with van der Waals surface area (Å²) in [5.74, 6) is 0.733. The molecule has 100 valence electrons. The Kier molecular flexibility index (Phi) is 7.35. The van der Waals surface area contributed by atoms with Crippen LogP contribution in [0.3, 0.4) is 0 Å². The number of nitrogens with zero attached hydrogens (tertiary/aromatic N) is 1. The van der Waals surface area contributed by atoms with Crippen LogP contribution in [0.5, 0.6) is 0 Å². The van der Waals surface area contributed by atoms with Gasteiger partial charge in [-0.3, -0.25) is 4.98 Å². The quantitative estimate of drug-likeness (QED) is 0.808. The van der Waals surface area contributed by atoms with E-state index in [1.807, 2.05) is 27.2 Å². The van der Waals surface area contributed by atoms with Gasteiger partial charge in [0, 0.05) is 11.9 Å². The van der Waals surface area contributed by atoms with E-state index in [0.29, 0.717) is 0 Å². The lowest BCUT2D eigenvalue weighted by atomic mass is 9.96. The van der Waals surface area contributed by atoms with E-state index in [4.69, 9.17) is 0 Å². The zero-order valence-electron chi connectivity index (χ0n) is 11.9. The molecule has 1 atom stereocenters. The monoisotopic (exact) mass is 246 g/mol. The summed E-state index contributed by atoms with van der Waals surface area (Å²) >= 11 is 0. The zero-order valence-corrected chi connectivity index (χ0v) is 11.9. The normalized spacial score (nSPS) is 18.7. The lowest BCUT2D eigenvalue weighted by Gasteiger charge is -2.10. The van der Waals surface area contributed by atoms with Crippen molar-refractivity contribution < 1.29 is 0 Å². The van der Waals surface area contributed by atoms with Gasteiger partial charge in [-0.05, 0) is 64.3 Å². The van der Waals surface area contributed by atoms with Gasteiger partial charge >= 0.3 is 0 Å². The Morgan fingerprint density at radius 1 is 1.28 bits per heavy atom. The molecule has 1 aliphatic rings. The number of allylic oxidation sites excluding steroid dienone is 2. The summed E-state index contributed by atoms with van der Waals surface area (Å²) in [5.41, 5.74) is 2.48. The largest absolute Gasteiger partial charge is 0.323 e. The van der Waals surface area contributed by atoms with Crippen LogP contribution in [-0.4, -0.2) is 19.1 Å². The van der Waals surface area contributed by atoms with Crippen molar-refractivity contribution in [1.82, 2.24) is 10.3 Å². The van der Waals surface area contributed by atoms with Gasteiger partial charge in [0.1, 0.15) is 0 Å². The summed E-state index contributed by atoms with van der Waals surface area (Å²) in [6, 6.07) is 4.32. The molecule has 1 aliphatic carbocycles. The van der Waals surface area contributed by atoms with Crippen molar-refractivity contribution >= 4 is 0 Å². The maximum atomic E-state index is 4.34. The number of pyridine rings is 1. The Labute approximate surface area is 112 Å². The molecule has 0 spiro atoms. The average Bonchev–Trinajstić information content (AvgIpc) is 2.62. The molecule has 0 fully saturated rings. The fourth-order valence-electron chi connectivity index (χ4n) is 2.15. The van der Waals surface area contributed by atoms with Crippen molar-refractivity contribution in [2.75, 3.05) is 14.1 Å². The van der Waals surface area contributed by atoms with Gasteiger partial charge in [0.15, 0.2) is 0 Å². The molecular weight excluding hydrogens is 220 g/mol. The minimum atomic E-state index is 0.733. The van der Waals surface area contributed by atoms with Gasteiger partial charge in [0.25, 0.3) is 0 Å². The van der Waals surface area contributed by atoms with Crippen LogP contribution < -0.4 is 5.32 Å². The Hall–Kier alpha value is -1.15. The second-order valence-corrected chi connectivity index (χ2v) is 4.98. The van der Waals surface area contributed by atoms with Crippen LogP contribution in [0.1, 0.15) is 36.9 Å². The highest BCUT2D eigenvalue weighted by Gasteiger charge is 2.08. The third-order valence-corrected chi connectivity index (χ3v) is 3.07. The second-order valence-electron chi connectivity index (χ2n) is 4.98. The lowest BCUT2D eigenvalue weighted by Crippen LogP contribution is -2.01. The van der Waals surface area contributed by atoms with Gasteiger partial charge in [0.05, 0.1) is 0 Å². The smallest absolute Gasteiger partial charge is 0.0372 e. The molecule has 0 radical (unpaired) electrons. The first kappa shape index (κ1) is 14.9. The van der Waals surface area contributed by atoms with Crippen molar-refractivity contribution in [2.45, 2.75) is 39.0 Å². The van der Waals surface area contributed by atoms with Crippen LogP contribution >= 0.6 is 0 Å². The van der Waals surface area contributed by atoms with Crippen molar-refractivity contribution in [2.24, 2.45) is 5.92 Å². The number of rotatable bonds is 2. The Bertz CT molecular complexity index is 341. The number of nitrogens with one attached hydrogen (secondary N) is 1. The standard InChI is InChI=1S/C14H19N.C2H7N/c1-12-8-9-14(11-15-12)10-13-6-4-2-3-5-7-13;1-3-2/h4,6,8-9,11,13H,2-3,5,7,10H2,1H3;3H,1-2H3. The number of hydrogen-bond acceptors (Lipinski definition) is 2. The predicted molar refractivity (Wildman–Crippen MR) is 78.8 cm³/mol. The van der Waals surface area contributed by atoms with Crippen molar-refractivity contribution in [3.63, 3.8) is 0 Å². The van der Waals surface area contributed by atoms with Crippen LogP contribution in [0.15, 0.2) is 30.5 Å². The van der Waals surface area contributed by atoms with Gasteiger partial charge < -0.3 is 5.32 Å². The highest BCUT2D eigenvalue weighted by molar-refractivity contribution is 5.15. The Morgan fingerprint density at radius 2 is 2.06 bits per heavy atom. The van der Waals surface area contributed by atoms with E-state index in [1.54, 1.807) is 0 Å². The molecule has 2 nitrogen and oxygen atoms in total. The van der Waals surface area contributed by atoms with E-state index in [-0.39, 0.29) is 0 Å². The molecule has 2 heteroatoms. The molecule has 0 saturated heterocycles. The molecule has 0 amide bonds. The van der Waals surface area contributed by atoms with Gasteiger partial charge in [-0.2, -0.15) is 0 Å². The molecule has 1 unspecified atom stereocenters. The first-order chi connectivity index (χ1) is 8.76. The van der Waals surface area contributed by atoms with E-state index in [9.17, 15) is 0 Å². The molecule has 2 rings (SSSR count). The van der Waals surface area contributed by atoms with E-state index in [0.717, 1.165) is 18.0 Å². The minimum absolute atomic E-state index is 0.733. The summed E-state index contributed by atoms with van der Waals surface area (Å²) in [5, 5.41) is 2.75. The molecule has 0 bridgehead atoms. The Balaban J connectivity index is 0.000000492. The molecule has 0 aromatic carbocycles. The van der Waals surface area contributed by atoms with Gasteiger partial charge in [-0.25, -0.2) is 0 Å². The third kappa shape index (κ3) is 5.97. The lowest BCUT2D eigenvalue weighted by molar-refractivity contribution is 0.559. The molecule has 1 heterocycles. The van der Waals surface area contributed by atoms with Gasteiger partial charge in [-0.15, -0.1) is 0 Å². The summed E-state index contributed by atoms with van der Waals surface area (Å²) in [4.78, 5) is 4.34.